The summed E-state index contributed by atoms with van der Waals surface area (Å²) in [6.07, 6.45) is 1.99. The Morgan fingerprint density at radius 3 is 2.78 bits per heavy atom. The van der Waals surface area contributed by atoms with E-state index >= 15 is 0 Å². The van der Waals surface area contributed by atoms with E-state index in [1.165, 1.54) is 11.1 Å². The van der Waals surface area contributed by atoms with E-state index in [2.05, 4.69) is 47.4 Å². The van der Waals surface area contributed by atoms with E-state index in [-0.39, 0.29) is 5.41 Å². The summed E-state index contributed by atoms with van der Waals surface area (Å²) in [4.78, 5) is 6.74. The summed E-state index contributed by atoms with van der Waals surface area (Å²) >= 11 is 0. The Bertz CT molecular complexity index is 580. The Hall–Kier alpha value is -1.75. The van der Waals surface area contributed by atoms with E-state index < -0.39 is 0 Å². The molecule has 23 heavy (non-hydrogen) atoms. The van der Waals surface area contributed by atoms with Crippen molar-refractivity contribution in [2.45, 2.75) is 25.2 Å². The van der Waals surface area contributed by atoms with Crippen LogP contribution in [0.4, 0.5) is 0 Å². The Kier molecular flexibility index (Phi) is 4.76. The van der Waals surface area contributed by atoms with Crippen LogP contribution in [0.25, 0.3) is 0 Å². The Labute approximate surface area is 138 Å². The lowest BCUT2D eigenvalue weighted by atomic mass is 9.73. The molecule has 2 aliphatic rings. The summed E-state index contributed by atoms with van der Waals surface area (Å²) in [6, 6.07) is 6.46. The van der Waals surface area contributed by atoms with Gasteiger partial charge in [0.2, 0.25) is 0 Å². The van der Waals surface area contributed by atoms with Gasteiger partial charge < -0.3 is 19.7 Å². The summed E-state index contributed by atoms with van der Waals surface area (Å²) < 4.78 is 11.3. The van der Waals surface area contributed by atoms with Crippen LogP contribution in [-0.4, -0.2) is 57.9 Å². The molecular weight excluding hydrogens is 290 g/mol. The number of aryl methyl sites for hydroxylation is 1. The molecule has 5 heteroatoms. The summed E-state index contributed by atoms with van der Waals surface area (Å²) in [6.45, 7) is 6.45. The molecule has 1 aromatic carbocycles. The first-order chi connectivity index (χ1) is 11.1. The van der Waals surface area contributed by atoms with E-state index in [1.807, 2.05) is 0 Å². The molecule has 0 radical (unpaired) electrons. The summed E-state index contributed by atoms with van der Waals surface area (Å²) in [5, 5.41) is 3.58. The fourth-order valence-corrected chi connectivity index (χ4v) is 3.51. The number of aliphatic imine (C=N–C) groups is 1. The molecule has 3 rings (SSSR count). The molecule has 1 aromatic rings. The number of benzene rings is 1. The Morgan fingerprint density at radius 1 is 1.35 bits per heavy atom. The highest BCUT2D eigenvalue weighted by Gasteiger charge is 2.37. The fraction of sp³-hybridized carbons (Fsp3) is 0.611. The molecule has 0 unspecified atom stereocenters. The van der Waals surface area contributed by atoms with Crippen molar-refractivity contribution < 1.29 is 9.47 Å². The molecule has 0 aromatic heterocycles. The molecule has 0 atom stereocenters. The number of nitrogens with zero attached hydrogens (tertiary/aromatic N) is 2. The van der Waals surface area contributed by atoms with Crippen LogP contribution >= 0.6 is 0 Å². The molecule has 5 nitrogen and oxygen atoms in total. The molecule has 0 aliphatic carbocycles. The highest BCUT2D eigenvalue weighted by Crippen LogP contribution is 2.40. The van der Waals surface area contributed by atoms with Gasteiger partial charge in [0.25, 0.3) is 0 Å². The lowest BCUT2D eigenvalue weighted by Gasteiger charge is -2.39. The maximum absolute atomic E-state index is 5.66. The predicted molar refractivity (Wildman–Crippen MR) is 92.4 cm³/mol. The first kappa shape index (κ1) is 16.1. The van der Waals surface area contributed by atoms with E-state index in [9.17, 15) is 0 Å². The molecule has 0 amide bonds. The highest BCUT2D eigenvalue weighted by atomic mass is 16.5. The van der Waals surface area contributed by atoms with E-state index in [0.29, 0.717) is 0 Å². The van der Waals surface area contributed by atoms with Gasteiger partial charge in [-0.25, -0.2) is 0 Å². The van der Waals surface area contributed by atoms with Crippen molar-refractivity contribution in [2.24, 2.45) is 4.99 Å². The summed E-state index contributed by atoms with van der Waals surface area (Å²) in [7, 11) is 3.84. The van der Waals surface area contributed by atoms with Crippen molar-refractivity contribution in [3.63, 3.8) is 0 Å². The van der Waals surface area contributed by atoms with Crippen LogP contribution in [0, 0.1) is 6.92 Å². The zero-order chi connectivity index (χ0) is 16.3. The SMILES string of the molecule is COc1ccc(C)cc1C1(CNC2=NCCN2C)CCOCC1. The van der Waals surface area contributed by atoms with Gasteiger partial charge in [-0.2, -0.15) is 0 Å². The molecule has 1 fully saturated rings. The molecule has 126 valence electrons. The van der Waals surface area contributed by atoms with Crippen LogP contribution in [0.1, 0.15) is 24.0 Å². The van der Waals surface area contributed by atoms with Crippen molar-refractivity contribution in [1.82, 2.24) is 10.2 Å². The first-order valence-electron chi connectivity index (χ1n) is 8.37. The maximum atomic E-state index is 5.66. The average molecular weight is 317 g/mol. The number of methoxy groups -OCH3 is 1. The second-order valence-electron chi connectivity index (χ2n) is 6.58. The topological polar surface area (TPSA) is 46.1 Å². The minimum atomic E-state index is 0.0293. The van der Waals surface area contributed by atoms with Crippen LogP contribution in [0.3, 0.4) is 0 Å². The fourth-order valence-electron chi connectivity index (χ4n) is 3.51. The molecule has 1 N–H and O–H groups in total. The standard InChI is InChI=1S/C18H27N3O2/c1-14-4-5-16(22-3)15(12-14)18(6-10-23-11-7-18)13-20-17-19-8-9-21(17)2/h4-5,12H,6-11,13H2,1-3H3,(H,19,20). The third-order valence-corrected chi connectivity index (χ3v) is 5.02. The van der Waals surface area contributed by atoms with Crippen LogP contribution in [0.15, 0.2) is 23.2 Å². The number of hydrogen-bond donors (Lipinski definition) is 1. The van der Waals surface area contributed by atoms with Crippen LogP contribution < -0.4 is 10.1 Å². The Balaban J connectivity index is 1.89. The smallest absolute Gasteiger partial charge is 0.193 e. The lowest BCUT2D eigenvalue weighted by molar-refractivity contribution is 0.0504. The number of rotatable bonds is 4. The van der Waals surface area contributed by atoms with Gasteiger partial charge >= 0.3 is 0 Å². The predicted octanol–water partition coefficient (Wildman–Crippen LogP) is 1.94. The van der Waals surface area contributed by atoms with E-state index in [4.69, 9.17) is 9.47 Å². The minimum absolute atomic E-state index is 0.0293. The van der Waals surface area contributed by atoms with Gasteiger partial charge in [-0.3, -0.25) is 4.99 Å². The Morgan fingerprint density at radius 2 is 2.13 bits per heavy atom. The zero-order valence-electron chi connectivity index (χ0n) is 14.4. The molecule has 2 heterocycles. The lowest BCUT2D eigenvalue weighted by Crippen LogP contribution is -2.47. The number of ether oxygens (including phenoxy) is 2. The van der Waals surface area contributed by atoms with Crippen molar-refractivity contribution in [1.29, 1.82) is 0 Å². The normalized spacial score (nSPS) is 20.3. The van der Waals surface area contributed by atoms with Crippen molar-refractivity contribution in [3.05, 3.63) is 29.3 Å². The third kappa shape index (κ3) is 3.29. The zero-order valence-corrected chi connectivity index (χ0v) is 14.4. The van der Waals surface area contributed by atoms with Gasteiger partial charge in [-0.05, 0) is 25.8 Å². The summed E-state index contributed by atoms with van der Waals surface area (Å²) in [5.41, 5.74) is 2.58. The average Bonchev–Trinajstić information content (AvgIpc) is 2.99. The van der Waals surface area contributed by atoms with E-state index in [1.54, 1.807) is 7.11 Å². The largest absolute Gasteiger partial charge is 0.496 e. The van der Waals surface area contributed by atoms with Gasteiger partial charge in [0.05, 0.1) is 13.7 Å². The number of likely N-dealkylation sites (N-methyl/N-ethyl adjacent to an activating group) is 1. The number of guanidine groups is 1. The monoisotopic (exact) mass is 317 g/mol. The maximum Gasteiger partial charge on any atom is 0.193 e. The highest BCUT2D eigenvalue weighted by molar-refractivity contribution is 5.81. The third-order valence-electron chi connectivity index (χ3n) is 5.02. The number of hydrogen-bond acceptors (Lipinski definition) is 5. The van der Waals surface area contributed by atoms with Gasteiger partial charge in [0.1, 0.15) is 5.75 Å². The molecule has 0 spiro atoms. The molecule has 2 aliphatic heterocycles. The minimum Gasteiger partial charge on any atom is -0.496 e. The molecule has 0 bridgehead atoms. The van der Waals surface area contributed by atoms with E-state index in [0.717, 1.165) is 57.4 Å². The molecule has 1 saturated heterocycles. The summed E-state index contributed by atoms with van der Waals surface area (Å²) in [5.74, 6) is 1.98. The van der Waals surface area contributed by atoms with Gasteiger partial charge in [-0.15, -0.1) is 0 Å². The number of nitrogens with one attached hydrogen (secondary N) is 1. The van der Waals surface area contributed by atoms with Crippen molar-refractivity contribution in [2.75, 3.05) is 47.0 Å². The second-order valence-corrected chi connectivity index (χ2v) is 6.58. The van der Waals surface area contributed by atoms with Gasteiger partial charge in [0, 0.05) is 44.3 Å². The second kappa shape index (κ2) is 6.79. The van der Waals surface area contributed by atoms with Crippen LogP contribution in [-0.2, 0) is 10.2 Å². The van der Waals surface area contributed by atoms with Gasteiger partial charge in [0.15, 0.2) is 5.96 Å². The van der Waals surface area contributed by atoms with Crippen LogP contribution in [0.5, 0.6) is 5.75 Å². The molecular formula is C18H27N3O2. The molecule has 0 saturated carbocycles. The van der Waals surface area contributed by atoms with Crippen molar-refractivity contribution >= 4 is 5.96 Å². The van der Waals surface area contributed by atoms with Gasteiger partial charge in [-0.1, -0.05) is 17.7 Å². The quantitative estimate of drug-likeness (QED) is 0.922. The van der Waals surface area contributed by atoms with Crippen LogP contribution in [0.2, 0.25) is 0 Å². The van der Waals surface area contributed by atoms with Crippen molar-refractivity contribution in [3.8, 4) is 5.75 Å². The first-order valence-corrected chi connectivity index (χ1v) is 8.37.